The third-order valence-electron chi connectivity index (χ3n) is 4.86. The van der Waals surface area contributed by atoms with Gasteiger partial charge in [-0.1, -0.05) is 44.2 Å². The first-order chi connectivity index (χ1) is 16.2. The first-order valence-corrected chi connectivity index (χ1v) is 12.6. The zero-order valence-corrected chi connectivity index (χ0v) is 20.3. The van der Waals surface area contributed by atoms with Crippen LogP contribution in [0.25, 0.3) is 0 Å². The molecule has 0 bridgehead atoms. The number of anilines is 1. The van der Waals surface area contributed by atoms with Crippen LogP contribution < -0.4 is 19.5 Å². The molecule has 1 amide bonds. The lowest BCUT2D eigenvalue weighted by Gasteiger charge is -2.16. The standard InChI is InChI=1S/C26H30N2O5S/c1-19(2)17-27-26(29)20(3)33-24-13-15-25(16-14-24)34(30,31)28-22-9-11-23(12-10-22)32-18-21-7-5-4-6-8-21/h4-16,19-20,28H,17-18H2,1-3H3,(H,27,29)/t20-/m0/s1. The van der Waals surface area contributed by atoms with Crippen molar-refractivity contribution in [3.63, 3.8) is 0 Å². The number of hydrogen-bond donors (Lipinski definition) is 2. The van der Waals surface area contributed by atoms with Gasteiger partial charge in [0.2, 0.25) is 0 Å². The summed E-state index contributed by atoms with van der Waals surface area (Å²) in [6.45, 7) is 6.66. The van der Waals surface area contributed by atoms with Crippen LogP contribution in [0.15, 0.2) is 83.8 Å². The Morgan fingerprint density at radius 1 is 0.853 bits per heavy atom. The van der Waals surface area contributed by atoms with Gasteiger partial charge in [-0.3, -0.25) is 9.52 Å². The van der Waals surface area contributed by atoms with E-state index in [-0.39, 0.29) is 10.8 Å². The van der Waals surface area contributed by atoms with E-state index in [0.29, 0.717) is 36.3 Å². The molecule has 0 unspecified atom stereocenters. The Labute approximate surface area is 201 Å². The normalized spacial score (nSPS) is 12.1. The number of ether oxygens (including phenoxy) is 2. The molecule has 0 aliphatic carbocycles. The summed E-state index contributed by atoms with van der Waals surface area (Å²) < 4.78 is 39.4. The fourth-order valence-corrected chi connectivity index (χ4v) is 4.04. The van der Waals surface area contributed by atoms with Crippen molar-refractivity contribution in [2.45, 2.75) is 38.4 Å². The molecule has 0 spiro atoms. The predicted octanol–water partition coefficient (Wildman–Crippen LogP) is 4.61. The van der Waals surface area contributed by atoms with Gasteiger partial charge in [0, 0.05) is 12.2 Å². The van der Waals surface area contributed by atoms with Gasteiger partial charge in [0.05, 0.1) is 4.90 Å². The number of rotatable bonds is 11. The molecule has 1 atom stereocenters. The van der Waals surface area contributed by atoms with Crippen LogP contribution in [0.1, 0.15) is 26.3 Å². The smallest absolute Gasteiger partial charge is 0.261 e. The van der Waals surface area contributed by atoms with Crippen LogP contribution in [-0.2, 0) is 21.4 Å². The molecule has 0 aliphatic heterocycles. The van der Waals surface area contributed by atoms with Crippen molar-refractivity contribution in [2.75, 3.05) is 11.3 Å². The molecular weight excluding hydrogens is 452 g/mol. The summed E-state index contributed by atoms with van der Waals surface area (Å²) in [5.74, 6) is 1.17. The predicted molar refractivity (Wildman–Crippen MR) is 132 cm³/mol. The van der Waals surface area contributed by atoms with Crippen LogP contribution >= 0.6 is 0 Å². The van der Waals surface area contributed by atoms with Gasteiger partial charge < -0.3 is 14.8 Å². The van der Waals surface area contributed by atoms with E-state index < -0.39 is 16.1 Å². The van der Waals surface area contributed by atoms with E-state index in [2.05, 4.69) is 10.0 Å². The molecule has 0 aromatic heterocycles. The van der Waals surface area contributed by atoms with Crippen molar-refractivity contribution in [1.29, 1.82) is 0 Å². The third kappa shape index (κ3) is 7.52. The Balaban J connectivity index is 1.55. The second-order valence-electron chi connectivity index (χ2n) is 8.27. The molecule has 34 heavy (non-hydrogen) atoms. The third-order valence-corrected chi connectivity index (χ3v) is 6.25. The van der Waals surface area contributed by atoms with E-state index in [1.54, 1.807) is 31.2 Å². The van der Waals surface area contributed by atoms with Crippen LogP contribution in [-0.4, -0.2) is 27.0 Å². The van der Waals surface area contributed by atoms with E-state index in [1.807, 2.05) is 44.2 Å². The van der Waals surface area contributed by atoms with Crippen molar-refractivity contribution in [2.24, 2.45) is 5.92 Å². The quantitative estimate of drug-likeness (QED) is 0.416. The van der Waals surface area contributed by atoms with Crippen LogP contribution in [0.2, 0.25) is 0 Å². The van der Waals surface area contributed by atoms with Crippen LogP contribution in [0.3, 0.4) is 0 Å². The molecule has 0 radical (unpaired) electrons. The highest BCUT2D eigenvalue weighted by molar-refractivity contribution is 7.92. The minimum absolute atomic E-state index is 0.0844. The van der Waals surface area contributed by atoms with Gasteiger partial charge in [-0.05, 0) is 66.9 Å². The Morgan fingerprint density at radius 3 is 2.09 bits per heavy atom. The van der Waals surface area contributed by atoms with Crippen LogP contribution in [0.5, 0.6) is 11.5 Å². The minimum atomic E-state index is -3.79. The summed E-state index contributed by atoms with van der Waals surface area (Å²) in [6.07, 6.45) is -0.693. The average Bonchev–Trinajstić information content (AvgIpc) is 2.83. The lowest BCUT2D eigenvalue weighted by molar-refractivity contribution is -0.127. The number of benzene rings is 3. The Hall–Kier alpha value is -3.52. The van der Waals surface area contributed by atoms with Crippen molar-refractivity contribution in [3.8, 4) is 11.5 Å². The maximum atomic E-state index is 12.7. The summed E-state index contributed by atoms with van der Waals surface area (Å²) in [6, 6.07) is 22.4. The van der Waals surface area contributed by atoms with Gasteiger partial charge in [0.1, 0.15) is 18.1 Å². The zero-order chi connectivity index (χ0) is 24.6. The molecule has 0 saturated carbocycles. The zero-order valence-electron chi connectivity index (χ0n) is 19.5. The highest BCUT2D eigenvalue weighted by atomic mass is 32.2. The molecule has 3 rings (SSSR count). The topological polar surface area (TPSA) is 93.7 Å². The first kappa shape index (κ1) is 25.1. The number of sulfonamides is 1. The SMILES string of the molecule is CC(C)CNC(=O)[C@H](C)Oc1ccc(S(=O)(=O)Nc2ccc(OCc3ccccc3)cc2)cc1. The lowest BCUT2D eigenvalue weighted by atomic mass is 10.2. The van der Waals surface area contributed by atoms with E-state index in [1.165, 1.54) is 24.3 Å². The Bertz CT molecular complexity index is 1160. The highest BCUT2D eigenvalue weighted by Gasteiger charge is 2.17. The number of nitrogens with one attached hydrogen (secondary N) is 2. The van der Waals surface area contributed by atoms with Gasteiger partial charge >= 0.3 is 0 Å². The Kier molecular flexibility index (Phi) is 8.54. The van der Waals surface area contributed by atoms with Crippen molar-refractivity contribution >= 4 is 21.6 Å². The van der Waals surface area contributed by atoms with E-state index in [0.717, 1.165) is 5.56 Å². The lowest BCUT2D eigenvalue weighted by Crippen LogP contribution is -2.38. The van der Waals surface area contributed by atoms with Gasteiger partial charge in [0.15, 0.2) is 6.10 Å². The van der Waals surface area contributed by atoms with Crippen LogP contribution in [0.4, 0.5) is 5.69 Å². The average molecular weight is 483 g/mol. The highest BCUT2D eigenvalue weighted by Crippen LogP contribution is 2.22. The molecular formula is C26H30N2O5S. The maximum Gasteiger partial charge on any atom is 0.261 e. The molecule has 0 aliphatic rings. The minimum Gasteiger partial charge on any atom is -0.489 e. The summed E-state index contributed by atoms with van der Waals surface area (Å²) in [4.78, 5) is 12.2. The van der Waals surface area contributed by atoms with Crippen molar-refractivity contribution < 1.29 is 22.7 Å². The van der Waals surface area contributed by atoms with E-state index >= 15 is 0 Å². The summed E-state index contributed by atoms with van der Waals surface area (Å²) in [7, 11) is -3.79. The number of carbonyl (C=O) groups excluding carboxylic acids is 1. The molecule has 180 valence electrons. The van der Waals surface area contributed by atoms with Gasteiger partial charge in [-0.25, -0.2) is 8.42 Å². The molecule has 7 nitrogen and oxygen atoms in total. The fraction of sp³-hybridized carbons (Fsp3) is 0.269. The van der Waals surface area contributed by atoms with Gasteiger partial charge in [-0.15, -0.1) is 0 Å². The second kappa shape index (κ2) is 11.6. The van der Waals surface area contributed by atoms with Crippen molar-refractivity contribution in [1.82, 2.24) is 5.32 Å². The number of carbonyl (C=O) groups is 1. The molecule has 3 aromatic carbocycles. The molecule has 2 N–H and O–H groups in total. The summed E-state index contributed by atoms with van der Waals surface area (Å²) >= 11 is 0. The van der Waals surface area contributed by atoms with Gasteiger partial charge in [0.25, 0.3) is 15.9 Å². The van der Waals surface area contributed by atoms with Crippen LogP contribution in [0, 0.1) is 5.92 Å². The summed E-state index contributed by atoms with van der Waals surface area (Å²) in [5, 5.41) is 2.81. The summed E-state index contributed by atoms with van der Waals surface area (Å²) in [5.41, 5.74) is 1.47. The number of hydrogen-bond acceptors (Lipinski definition) is 5. The van der Waals surface area contributed by atoms with E-state index in [9.17, 15) is 13.2 Å². The van der Waals surface area contributed by atoms with Crippen molar-refractivity contribution in [3.05, 3.63) is 84.4 Å². The van der Waals surface area contributed by atoms with E-state index in [4.69, 9.17) is 9.47 Å². The molecule has 0 saturated heterocycles. The molecule has 3 aromatic rings. The first-order valence-electron chi connectivity index (χ1n) is 11.1. The Morgan fingerprint density at radius 2 is 1.47 bits per heavy atom. The molecule has 0 heterocycles. The number of amides is 1. The van der Waals surface area contributed by atoms with Gasteiger partial charge in [-0.2, -0.15) is 0 Å². The second-order valence-corrected chi connectivity index (χ2v) is 9.96. The monoisotopic (exact) mass is 482 g/mol. The largest absolute Gasteiger partial charge is 0.489 e. The maximum absolute atomic E-state index is 12.7. The molecule has 8 heteroatoms. The fourth-order valence-electron chi connectivity index (χ4n) is 2.98. The molecule has 0 fully saturated rings.